The molecule has 1 N–H and O–H groups in total. The lowest BCUT2D eigenvalue weighted by atomic mass is 9.96. The van der Waals surface area contributed by atoms with Crippen molar-refractivity contribution in [2.75, 3.05) is 25.4 Å². The maximum atomic E-state index is 12.3. The van der Waals surface area contributed by atoms with Crippen molar-refractivity contribution in [2.24, 2.45) is 13.0 Å². The van der Waals surface area contributed by atoms with Crippen LogP contribution in [-0.2, 0) is 16.6 Å². The maximum absolute atomic E-state index is 12.3. The number of aryl methyl sites for hydroxylation is 1. The van der Waals surface area contributed by atoms with Gasteiger partial charge in [-0.25, -0.2) is 9.48 Å². The van der Waals surface area contributed by atoms with Crippen LogP contribution >= 0.6 is 11.8 Å². The molecule has 0 saturated carbocycles. The van der Waals surface area contributed by atoms with Gasteiger partial charge < -0.3 is 15.0 Å². The van der Waals surface area contributed by atoms with Crippen LogP contribution in [0.15, 0.2) is 5.16 Å². The molecule has 2 heterocycles. The number of rotatable bonds is 6. The van der Waals surface area contributed by atoms with E-state index in [1.54, 1.807) is 11.7 Å². The zero-order chi connectivity index (χ0) is 19.2. The molecule has 0 bridgehead atoms. The van der Waals surface area contributed by atoms with Crippen molar-refractivity contribution in [3.05, 3.63) is 0 Å². The van der Waals surface area contributed by atoms with E-state index in [-0.39, 0.29) is 12.0 Å². The molecule has 0 spiro atoms. The number of nitrogens with zero attached hydrogens (tertiary/aromatic N) is 5. The van der Waals surface area contributed by atoms with Crippen molar-refractivity contribution in [3.8, 4) is 0 Å². The van der Waals surface area contributed by atoms with Gasteiger partial charge in [0.2, 0.25) is 11.1 Å². The Morgan fingerprint density at radius 3 is 2.58 bits per heavy atom. The van der Waals surface area contributed by atoms with Crippen molar-refractivity contribution in [3.63, 3.8) is 0 Å². The standard InChI is InChI=1S/C16H28N6O3S/c1-16(2,3)25-15(24)17-11-12-5-8-22(9-6-12)13(23)7-10-26-14-18-19-20-21(14)4/h12H,5-11H2,1-4H3,(H,17,24). The Hall–Kier alpha value is -1.84. The summed E-state index contributed by atoms with van der Waals surface area (Å²) in [7, 11) is 1.78. The van der Waals surface area contributed by atoms with E-state index in [1.807, 2.05) is 25.7 Å². The number of likely N-dealkylation sites (tertiary alicyclic amines) is 1. The van der Waals surface area contributed by atoms with Gasteiger partial charge >= 0.3 is 6.09 Å². The van der Waals surface area contributed by atoms with E-state index in [9.17, 15) is 9.59 Å². The van der Waals surface area contributed by atoms with Gasteiger partial charge in [0.15, 0.2) is 0 Å². The molecule has 1 aromatic rings. The third-order valence-corrected chi connectivity index (χ3v) is 5.04. The van der Waals surface area contributed by atoms with E-state index in [2.05, 4.69) is 20.8 Å². The first-order valence-electron chi connectivity index (χ1n) is 8.84. The van der Waals surface area contributed by atoms with E-state index in [4.69, 9.17) is 4.74 Å². The van der Waals surface area contributed by atoms with E-state index in [1.165, 1.54) is 11.8 Å². The molecule has 146 valence electrons. The van der Waals surface area contributed by atoms with Gasteiger partial charge in [0, 0.05) is 38.9 Å². The number of ether oxygens (including phenoxy) is 1. The number of hydrogen-bond acceptors (Lipinski definition) is 7. The largest absolute Gasteiger partial charge is 0.444 e. The first-order chi connectivity index (χ1) is 12.2. The Kier molecular flexibility index (Phi) is 7.24. The van der Waals surface area contributed by atoms with E-state index in [0.29, 0.717) is 29.8 Å². The van der Waals surface area contributed by atoms with Crippen LogP contribution in [0, 0.1) is 5.92 Å². The monoisotopic (exact) mass is 384 g/mol. The molecule has 0 aromatic carbocycles. The van der Waals surface area contributed by atoms with Crippen LogP contribution in [0.4, 0.5) is 4.79 Å². The van der Waals surface area contributed by atoms with Gasteiger partial charge in [-0.2, -0.15) is 0 Å². The van der Waals surface area contributed by atoms with Crippen LogP contribution in [0.2, 0.25) is 0 Å². The lowest BCUT2D eigenvalue weighted by Gasteiger charge is -2.32. The summed E-state index contributed by atoms with van der Waals surface area (Å²) in [6.45, 7) is 7.58. The van der Waals surface area contributed by atoms with Gasteiger partial charge in [-0.3, -0.25) is 4.79 Å². The lowest BCUT2D eigenvalue weighted by Crippen LogP contribution is -2.42. The highest BCUT2D eigenvalue weighted by atomic mass is 32.2. The van der Waals surface area contributed by atoms with Crippen LogP contribution in [0.25, 0.3) is 0 Å². The van der Waals surface area contributed by atoms with E-state index >= 15 is 0 Å². The van der Waals surface area contributed by atoms with Crippen molar-refractivity contribution < 1.29 is 14.3 Å². The highest BCUT2D eigenvalue weighted by molar-refractivity contribution is 7.99. The quantitative estimate of drug-likeness (QED) is 0.741. The first kappa shape index (κ1) is 20.5. The highest BCUT2D eigenvalue weighted by Crippen LogP contribution is 2.19. The maximum Gasteiger partial charge on any atom is 0.407 e. The molecule has 1 aliphatic heterocycles. The fourth-order valence-corrected chi connectivity index (χ4v) is 3.44. The second-order valence-electron chi connectivity index (χ2n) is 7.39. The molecule has 2 rings (SSSR count). The molecule has 0 unspecified atom stereocenters. The molecule has 9 nitrogen and oxygen atoms in total. The summed E-state index contributed by atoms with van der Waals surface area (Å²) >= 11 is 1.48. The zero-order valence-electron chi connectivity index (χ0n) is 15.9. The molecule has 1 aromatic heterocycles. The number of thioether (sulfide) groups is 1. The topological polar surface area (TPSA) is 102 Å². The van der Waals surface area contributed by atoms with Gasteiger partial charge in [0.25, 0.3) is 0 Å². The Balaban J connectivity index is 1.62. The summed E-state index contributed by atoms with van der Waals surface area (Å²) in [5.74, 6) is 1.20. The molecule has 2 amide bonds. The number of tetrazole rings is 1. The Labute approximate surface area is 158 Å². The summed E-state index contributed by atoms with van der Waals surface area (Å²) < 4.78 is 6.83. The molecule has 0 radical (unpaired) electrons. The minimum atomic E-state index is -0.487. The van der Waals surface area contributed by atoms with E-state index in [0.717, 1.165) is 25.9 Å². The Morgan fingerprint density at radius 2 is 2.00 bits per heavy atom. The molecular weight excluding hydrogens is 356 g/mol. The van der Waals surface area contributed by atoms with Crippen LogP contribution in [-0.4, -0.2) is 68.1 Å². The fraction of sp³-hybridized carbons (Fsp3) is 0.812. The lowest BCUT2D eigenvalue weighted by molar-refractivity contribution is -0.132. The van der Waals surface area contributed by atoms with Gasteiger partial charge in [0.05, 0.1) is 0 Å². The molecule has 0 atom stereocenters. The summed E-state index contributed by atoms with van der Waals surface area (Å²) in [6.07, 6.45) is 1.87. The minimum absolute atomic E-state index is 0.158. The molecule has 10 heteroatoms. The van der Waals surface area contributed by atoms with Gasteiger partial charge in [0.1, 0.15) is 5.60 Å². The zero-order valence-corrected chi connectivity index (χ0v) is 16.7. The summed E-state index contributed by atoms with van der Waals surface area (Å²) in [5.41, 5.74) is -0.487. The first-order valence-corrected chi connectivity index (χ1v) is 9.83. The number of aromatic nitrogens is 4. The normalized spacial score (nSPS) is 15.8. The molecule has 0 aliphatic carbocycles. The average molecular weight is 385 g/mol. The van der Waals surface area contributed by atoms with E-state index < -0.39 is 5.60 Å². The van der Waals surface area contributed by atoms with Gasteiger partial charge in [-0.15, -0.1) is 5.10 Å². The third kappa shape index (κ3) is 6.81. The SMILES string of the molecule is Cn1nnnc1SCCC(=O)N1CCC(CNC(=O)OC(C)(C)C)CC1. The molecule has 1 fully saturated rings. The van der Waals surface area contributed by atoms with Crippen molar-refractivity contribution >= 4 is 23.8 Å². The minimum Gasteiger partial charge on any atom is -0.444 e. The second kappa shape index (κ2) is 9.20. The van der Waals surface area contributed by atoms with Crippen LogP contribution in [0.5, 0.6) is 0 Å². The van der Waals surface area contributed by atoms with Crippen molar-refractivity contribution in [1.29, 1.82) is 0 Å². The number of carbonyl (C=O) groups excluding carboxylic acids is 2. The number of carbonyl (C=O) groups is 2. The summed E-state index contributed by atoms with van der Waals surface area (Å²) in [6, 6.07) is 0. The molecule has 1 saturated heterocycles. The Morgan fingerprint density at radius 1 is 1.31 bits per heavy atom. The molecule has 1 aliphatic rings. The van der Waals surface area contributed by atoms with Crippen molar-refractivity contribution in [2.45, 2.75) is 50.8 Å². The second-order valence-corrected chi connectivity index (χ2v) is 8.45. The van der Waals surface area contributed by atoms with Crippen molar-refractivity contribution in [1.82, 2.24) is 30.4 Å². The number of hydrogen-bond donors (Lipinski definition) is 1. The molecule has 26 heavy (non-hydrogen) atoms. The molecular formula is C16H28N6O3S. The highest BCUT2D eigenvalue weighted by Gasteiger charge is 2.24. The predicted molar refractivity (Wildman–Crippen MR) is 97.7 cm³/mol. The number of amides is 2. The van der Waals surface area contributed by atoms with Crippen LogP contribution in [0.3, 0.4) is 0 Å². The smallest absolute Gasteiger partial charge is 0.407 e. The van der Waals surface area contributed by atoms with Gasteiger partial charge in [-0.1, -0.05) is 11.8 Å². The third-order valence-electron chi connectivity index (χ3n) is 4.03. The number of nitrogens with one attached hydrogen (secondary N) is 1. The average Bonchev–Trinajstić information content (AvgIpc) is 2.97. The predicted octanol–water partition coefficient (Wildman–Crippen LogP) is 1.46. The van der Waals surface area contributed by atoms with Gasteiger partial charge in [-0.05, 0) is 50.0 Å². The number of piperidine rings is 1. The van der Waals surface area contributed by atoms with Crippen LogP contribution < -0.4 is 5.32 Å². The van der Waals surface area contributed by atoms with Crippen LogP contribution in [0.1, 0.15) is 40.0 Å². The summed E-state index contributed by atoms with van der Waals surface area (Å²) in [4.78, 5) is 25.9. The Bertz CT molecular complexity index is 607. The summed E-state index contributed by atoms with van der Waals surface area (Å²) in [5, 5.41) is 14.8. The fourth-order valence-electron chi connectivity index (χ4n) is 2.66. The number of alkyl carbamates (subject to hydrolysis) is 1.